The second kappa shape index (κ2) is 6.67. The number of aliphatic hydroxyl groups is 1. The summed E-state index contributed by atoms with van der Waals surface area (Å²) in [6.07, 6.45) is 9.20. The van der Waals surface area contributed by atoms with Gasteiger partial charge in [0.25, 0.3) is 0 Å². The fourth-order valence-electron chi connectivity index (χ4n) is 4.33. The van der Waals surface area contributed by atoms with Crippen LogP contribution >= 0.6 is 11.8 Å². The smallest absolute Gasteiger partial charge is 0.187 e. The fourth-order valence-corrected chi connectivity index (χ4v) is 4.65. The average Bonchev–Trinajstić information content (AvgIpc) is 2.86. The molecule has 25 heavy (non-hydrogen) atoms. The standard InChI is InChI=1S/C19H22FN3OS/c1-25-18-21-10-13(11-22-18)12-23-16-5-6-17(23)9-19(24,8-16)14-3-2-4-15(20)7-14/h2-4,7,10-11,16-17,24H,5-6,8-9,12H2,1H3/t16-,17+,19?. The van der Waals surface area contributed by atoms with Gasteiger partial charge in [-0.3, -0.25) is 4.90 Å². The number of benzene rings is 1. The van der Waals surface area contributed by atoms with Crippen LogP contribution in [0.1, 0.15) is 36.8 Å². The molecular weight excluding hydrogens is 337 g/mol. The number of fused-ring (bicyclic) bond motifs is 2. The first-order valence-electron chi connectivity index (χ1n) is 8.66. The maximum absolute atomic E-state index is 13.6. The third kappa shape index (κ3) is 3.30. The largest absolute Gasteiger partial charge is 0.385 e. The molecule has 1 aromatic carbocycles. The Morgan fingerprint density at radius 3 is 2.52 bits per heavy atom. The van der Waals surface area contributed by atoms with Crippen LogP contribution in [0.2, 0.25) is 0 Å². The molecule has 4 rings (SSSR count). The first-order chi connectivity index (χ1) is 12.1. The third-order valence-electron chi connectivity index (χ3n) is 5.51. The zero-order valence-corrected chi connectivity index (χ0v) is 15.0. The van der Waals surface area contributed by atoms with Crippen molar-refractivity contribution in [2.45, 2.75) is 55.1 Å². The minimum atomic E-state index is -0.927. The van der Waals surface area contributed by atoms with Gasteiger partial charge >= 0.3 is 0 Å². The maximum atomic E-state index is 13.6. The van der Waals surface area contributed by atoms with Gasteiger partial charge in [-0.2, -0.15) is 0 Å². The monoisotopic (exact) mass is 359 g/mol. The number of hydrogen-bond acceptors (Lipinski definition) is 5. The topological polar surface area (TPSA) is 49.2 Å². The fraction of sp³-hybridized carbons (Fsp3) is 0.474. The van der Waals surface area contributed by atoms with E-state index in [0.29, 0.717) is 30.5 Å². The van der Waals surface area contributed by atoms with Crippen molar-refractivity contribution < 1.29 is 9.50 Å². The Bertz CT molecular complexity index is 741. The van der Waals surface area contributed by atoms with Crippen LogP contribution < -0.4 is 0 Å². The first-order valence-corrected chi connectivity index (χ1v) is 9.89. The number of halogens is 1. The summed E-state index contributed by atoms with van der Waals surface area (Å²) in [5.41, 5.74) is 0.881. The zero-order chi connectivity index (χ0) is 17.4. The predicted octanol–water partition coefficient (Wildman–Crippen LogP) is 3.35. The molecule has 1 unspecified atom stereocenters. The van der Waals surface area contributed by atoms with Crippen LogP contribution in [0.25, 0.3) is 0 Å². The van der Waals surface area contributed by atoms with Gasteiger partial charge in [0, 0.05) is 36.6 Å². The quantitative estimate of drug-likeness (QED) is 0.670. The summed E-state index contributed by atoms with van der Waals surface area (Å²) in [5.74, 6) is -0.285. The predicted molar refractivity (Wildman–Crippen MR) is 95.7 cm³/mol. The number of hydrogen-bond donors (Lipinski definition) is 1. The van der Waals surface area contributed by atoms with Gasteiger partial charge in [0.1, 0.15) is 5.82 Å². The normalized spacial score (nSPS) is 29.1. The Morgan fingerprint density at radius 1 is 1.24 bits per heavy atom. The van der Waals surface area contributed by atoms with E-state index in [0.717, 1.165) is 30.1 Å². The van der Waals surface area contributed by atoms with Crippen LogP contribution in [0.3, 0.4) is 0 Å². The molecular formula is C19H22FN3OS. The molecule has 0 spiro atoms. The summed E-state index contributed by atoms with van der Waals surface area (Å²) in [6, 6.07) is 7.05. The molecule has 0 aliphatic carbocycles. The van der Waals surface area contributed by atoms with Crippen molar-refractivity contribution in [3.05, 3.63) is 53.6 Å². The van der Waals surface area contributed by atoms with Gasteiger partial charge < -0.3 is 5.11 Å². The van der Waals surface area contributed by atoms with E-state index in [9.17, 15) is 9.50 Å². The Hall–Kier alpha value is -1.50. The molecule has 132 valence electrons. The second-order valence-electron chi connectivity index (χ2n) is 7.09. The van der Waals surface area contributed by atoms with Crippen molar-refractivity contribution in [2.75, 3.05) is 6.26 Å². The Kier molecular flexibility index (Phi) is 4.52. The van der Waals surface area contributed by atoms with Crippen molar-refractivity contribution in [3.63, 3.8) is 0 Å². The molecule has 1 aromatic heterocycles. The minimum absolute atomic E-state index is 0.285. The molecule has 2 aliphatic heterocycles. The van der Waals surface area contributed by atoms with Gasteiger partial charge in [0.2, 0.25) is 0 Å². The highest BCUT2D eigenvalue weighted by Gasteiger charge is 2.48. The summed E-state index contributed by atoms with van der Waals surface area (Å²) in [5, 5.41) is 12.0. The summed E-state index contributed by atoms with van der Waals surface area (Å²) in [4.78, 5) is 11.2. The lowest BCUT2D eigenvalue weighted by atomic mass is 9.80. The van der Waals surface area contributed by atoms with Crippen LogP contribution in [0, 0.1) is 5.82 Å². The maximum Gasteiger partial charge on any atom is 0.187 e. The van der Waals surface area contributed by atoms with E-state index in [2.05, 4.69) is 14.9 Å². The number of rotatable bonds is 4. The van der Waals surface area contributed by atoms with E-state index in [1.54, 1.807) is 6.07 Å². The van der Waals surface area contributed by atoms with E-state index in [-0.39, 0.29) is 5.82 Å². The Labute approximate surface area is 151 Å². The number of aromatic nitrogens is 2. The minimum Gasteiger partial charge on any atom is -0.385 e. The van der Waals surface area contributed by atoms with E-state index in [1.165, 1.54) is 23.9 Å². The summed E-state index contributed by atoms with van der Waals surface area (Å²) in [6.45, 7) is 0.809. The van der Waals surface area contributed by atoms with Crippen molar-refractivity contribution in [1.29, 1.82) is 0 Å². The SMILES string of the molecule is CSc1ncc(CN2[C@@H]3CC[C@H]2CC(O)(c2cccc(F)c2)C3)cn1. The summed E-state index contributed by atoms with van der Waals surface area (Å²) >= 11 is 1.54. The first kappa shape index (κ1) is 16.9. The lowest BCUT2D eigenvalue weighted by Crippen LogP contribution is -2.49. The van der Waals surface area contributed by atoms with E-state index >= 15 is 0 Å². The molecule has 3 atom stereocenters. The van der Waals surface area contributed by atoms with Gasteiger partial charge in [-0.25, -0.2) is 14.4 Å². The molecule has 0 saturated carbocycles. The molecule has 3 heterocycles. The van der Waals surface area contributed by atoms with Crippen LogP contribution in [-0.4, -0.2) is 38.3 Å². The lowest BCUT2D eigenvalue weighted by molar-refractivity contribution is -0.0597. The molecule has 2 aliphatic rings. The molecule has 1 N–H and O–H groups in total. The highest BCUT2D eigenvalue weighted by Crippen LogP contribution is 2.46. The van der Waals surface area contributed by atoms with Gasteiger partial charge in [-0.05, 0) is 49.6 Å². The highest BCUT2D eigenvalue weighted by molar-refractivity contribution is 7.98. The van der Waals surface area contributed by atoms with E-state index in [4.69, 9.17) is 0 Å². The molecule has 2 aromatic rings. The molecule has 2 fully saturated rings. The van der Waals surface area contributed by atoms with Gasteiger partial charge in [-0.15, -0.1) is 0 Å². The second-order valence-corrected chi connectivity index (χ2v) is 7.86. The molecule has 0 radical (unpaired) electrons. The summed E-state index contributed by atoms with van der Waals surface area (Å²) < 4.78 is 13.6. The zero-order valence-electron chi connectivity index (χ0n) is 14.2. The van der Waals surface area contributed by atoms with Crippen LogP contribution in [0.5, 0.6) is 0 Å². The molecule has 2 saturated heterocycles. The summed E-state index contributed by atoms with van der Waals surface area (Å²) in [7, 11) is 0. The Balaban J connectivity index is 1.51. The molecule has 6 heteroatoms. The molecule has 2 bridgehead atoms. The molecule has 0 amide bonds. The lowest BCUT2D eigenvalue weighted by Gasteiger charge is -2.44. The Morgan fingerprint density at radius 2 is 1.92 bits per heavy atom. The van der Waals surface area contributed by atoms with Gasteiger partial charge in [-0.1, -0.05) is 23.9 Å². The van der Waals surface area contributed by atoms with E-state index < -0.39 is 5.60 Å². The number of nitrogens with zero attached hydrogens (tertiary/aromatic N) is 3. The number of piperidine rings is 1. The van der Waals surface area contributed by atoms with Gasteiger partial charge in [0.15, 0.2) is 5.16 Å². The average molecular weight is 359 g/mol. The molecule has 4 nitrogen and oxygen atoms in total. The van der Waals surface area contributed by atoms with Crippen molar-refractivity contribution in [2.24, 2.45) is 0 Å². The number of thioether (sulfide) groups is 1. The van der Waals surface area contributed by atoms with Crippen molar-refractivity contribution in [1.82, 2.24) is 14.9 Å². The van der Waals surface area contributed by atoms with Gasteiger partial charge in [0.05, 0.1) is 5.60 Å². The van der Waals surface area contributed by atoms with Crippen LogP contribution in [-0.2, 0) is 12.1 Å². The third-order valence-corrected chi connectivity index (χ3v) is 6.09. The van der Waals surface area contributed by atoms with Crippen molar-refractivity contribution in [3.8, 4) is 0 Å². The highest BCUT2D eigenvalue weighted by atomic mass is 32.2. The van der Waals surface area contributed by atoms with Crippen LogP contribution in [0.4, 0.5) is 4.39 Å². The van der Waals surface area contributed by atoms with Crippen molar-refractivity contribution >= 4 is 11.8 Å². The van der Waals surface area contributed by atoms with E-state index in [1.807, 2.05) is 24.7 Å². The van der Waals surface area contributed by atoms with Crippen LogP contribution in [0.15, 0.2) is 41.8 Å².